The fourth-order valence-corrected chi connectivity index (χ4v) is 3.63. The van der Waals surface area contributed by atoms with Gasteiger partial charge in [0, 0.05) is 5.69 Å². The number of ether oxygens (including phenoxy) is 1. The average Bonchev–Trinajstić information content (AvgIpc) is 2.63. The lowest BCUT2D eigenvalue weighted by molar-refractivity contribution is 0.0975. The number of methoxy groups -OCH3 is 1. The van der Waals surface area contributed by atoms with Gasteiger partial charge in [0.15, 0.2) is 5.11 Å². The smallest absolute Gasteiger partial charge is 0.261 e. The van der Waals surface area contributed by atoms with Crippen LogP contribution < -0.4 is 15.4 Å². The third-order valence-electron chi connectivity index (χ3n) is 4.01. The molecule has 132 valence electrons. The number of thiocarbonyl (C=S) groups is 1. The van der Waals surface area contributed by atoms with E-state index in [0.29, 0.717) is 11.3 Å². The summed E-state index contributed by atoms with van der Waals surface area (Å²) in [5.74, 6) is 0.138. The minimum Gasteiger partial charge on any atom is -0.495 e. The number of amides is 1. The molecule has 0 saturated heterocycles. The zero-order valence-electron chi connectivity index (χ0n) is 14.3. The van der Waals surface area contributed by atoms with Gasteiger partial charge in [0.1, 0.15) is 5.75 Å². The molecule has 0 atom stereocenters. The first kappa shape index (κ1) is 18.4. The van der Waals surface area contributed by atoms with E-state index in [1.54, 1.807) is 6.07 Å². The number of carbonyl (C=O) groups is 1. The second-order valence-electron chi connectivity index (χ2n) is 5.72. The van der Waals surface area contributed by atoms with Gasteiger partial charge in [0.05, 0.1) is 17.1 Å². The van der Waals surface area contributed by atoms with Crippen LogP contribution in [0.2, 0.25) is 0 Å². The Labute approximate surface area is 165 Å². The summed E-state index contributed by atoms with van der Waals surface area (Å²) in [5.41, 5.74) is 2.30. The van der Waals surface area contributed by atoms with Gasteiger partial charge in [0.25, 0.3) is 5.91 Å². The van der Waals surface area contributed by atoms with E-state index in [2.05, 4.69) is 26.6 Å². The van der Waals surface area contributed by atoms with E-state index in [0.717, 1.165) is 26.5 Å². The summed E-state index contributed by atoms with van der Waals surface area (Å²) in [7, 11) is 1.54. The molecule has 2 N–H and O–H groups in total. The normalized spacial score (nSPS) is 10.4. The van der Waals surface area contributed by atoms with E-state index < -0.39 is 0 Å². The summed E-state index contributed by atoms with van der Waals surface area (Å²) in [4.78, 5) is 12.8. The highest BCUT2D eigenvalue weighted by molar-refractivity contribution is 9.10. The van der Waals surface area contributed by atoms with Crippen molar-refractivity contribution in [2.75, 3.05) is 12.4 Å². The molecule has 0 aromatic heterocycles. The number of hydrogen-bond donors (Lipinski definition) is 2. The van der Waals surface area contributed by atoms with Crippen molar-refractivity contribution in [2.24, 2.45) is 0 Å². The Kier molecular flexibility index (Phi) is 5.54. The average molecular weight is 429 g/mol. The van der Waals surface area contributed by atoms with Crippen molar-refractivity contribution in [3.63, 3.8) is 0 Å². The van der Waals surface area contributed by atoms with Crippen molar-refractivity contribution in [3.8, 4) is 5.75 Å². The van der Waals surface area contributed by atoms with E-state index in [-0.39, 0.29) is 11.0 Å². The van der Waals surface area contributed by atoms with E-state index in [9.17, 15) is 4.79 Å². The predicted octanol–water partition coefficient (Wildman–Crippen LogP) is 5.05. The molecular formula is C20H17BrN2O2S. The van der Waals surface area contributed by atoms with Gasteiger partial charge in [-0.1, -0.05) is 42.5 Å². The van der Waals surface area contributed by atoms with Crippen molar-refractivity contribution < 1.29 is 9.53 Å². The highest BCUT2D eigenvalue weighted by Gasteiger charge is 2.19. The number of para-hydroxylation sites is 1. The molecule has 0 heterocycles. The van der Waals surface area contributed by atoms with Crippen molar-refractivity contribution in [3.05, 3.63) is 70.2 Å². The standard InChI is InChI=1S/C20H17BrN2O2S/c1-12-7-3-6-10-16(12)22-20(26)23-19(24)15-11-13-8-4-5-9-14(13)17(21)18(15)25-2/h3-11H,1-2H3,(H2,22,23,24,26). The van der Waals surface area contributed by atoms with Gasteiger partial charge < -0.3 is 10.1 Å². The Morgan fingerprint density at radius 3 is 2.54 bits per heavy atom. The zero-order valence-corrected chi connectivity index (χ0v) is 16.7. The predicted molar refractivity (Wildman–Crippen MR) is 113 cm³/mol. The van der Waals surface area contributed by atoms with Crippen molar-refractivity contribution in [1.82, 2.24) is 5.32 Å². The molecule has 0 spiro atoms. The largest absolute Gasteiger partial charge is 0.495 e. The van der Waals surface area contributed by atoms with Gasteiger partial charge in [-0.3, -0.25) is 10.1 Å². The van der Waals surface area contributed by atoms with E-state index in [1.807, 2.05) is 55.5 Å². The molecule has 0 aliphatic heterocycles. The van der Waals surface area contributed by atoms with Gasteiger partial charge in [0.2, 0.25) is 0 Å². The molecule has 0 aliphatic carbocycles. The summed E-state index contributed by atoms with van der Waals surface area (Å²) in [6.45, 7) is 1.97. The fourth-order valence-electron chi connectivity index (χ4n) is 2.69. The molecule has 0 radical (unpaired) electrons. The highest BCUT2D eigenvalue weighted by atomic mass is 79.9. The molecule has 0 saturated carbocycles. The van der Waals surface area contributed by atoms with Gasteiger partial charge in [-0.15, -0.1) is 0 Å². The van der Waals surface area contributed by atoms with Crippen molar-refractivity contribution in [2.45, 2.75) is 6.92 Å². The molecular weight excluding hydrogens is 412 g/mol. The van der Waals surface area contributed by atoms with Crippen LogP contribution in [0, 0.1) is 6.92 Å². The summed E-state index contributed by atoms with van der Waals surface area (Å²) in [6.07, 6.45) is 0. The van der Waals surface area contributed by atoms with E-state index in [4.69, 9.17) is 17.0 Å². The maximum Gasteiger partial charge on any atom is 0.261 e. The number of carbonyl (C=O) groups excluding carboxylic acids is 1. The monoisotopic (exact) mass is 428 g/mol. The Balaban J connectivity index is 1.88. The van der Waals surface area contributed by atoms with Crippen LogP contribution in [0.1, 0.15) is 15.9 Å². The first-order valence-electron chi connectivity index (χ1n) is 7.94. The fraction of sp³-hybridized carbons (Fsp3) is 0.100. The molecule has 0 fully saturated rings. The molecule has 1 amide bonds. The SMILES string of the molecule is COc1c(C(=O)NC(=S)Nc2ccccc2C)cc2ccccc2c1Br. The van der Waals surface area contributed by atoms with Crippen LogP contribution in [-0.4, -0.2) is 18.1 Å². The van der Waals surface area contributed by atoms with Crippen LogP contribution in [0.5, 0.6) is 5.75 Å². The molecule has 0 aliphatic rings. The van der Waals surface area contributed by atoms with E-state index >= 15 is 0 Å². The topological polar surface area (TPSA) is 50.4 Å². The third-order valence-corrected chi connectivity index (χ3v) is 5.00. The minimum absolute atomic E-state index is 0.232. The lowest BCUT2D eigenvalue weighted by atomic mass is 10.1. The first-order chi connectivity index (χ1) is 12.5. The maximum absolute atomic E-state index is 12.8. The maximum atomic E-state index is 12.8. The molecule has 0 unspecified atom stereocenters. The van der Waals surface area contributed by atoms with Crippen LogP contribution in [0.15, 0.2) is 59.1 Å². The number of aryl methyl sites for hydroxylation is 1. The third kappa shape index (κ3) is 3.71. The molecule has 4 nitrogen and oxygen atoms in total. The van der Waals surface area contributed by atoms with Crippen LogP contribution in [0.3, 0.4) is 0 Å². The Morgan fingerprint density at radius 1 is 1.12 bits per heavy atom. The van der Waals surface area contributed by atoms with Crippen LogP contribution in [-0.2, 0) is 0 Å². The second kappa shape index (κ2) is 7.85. The number of anilines is 1. The van der Waals surface area contributed by atoms with Crippen molar-refractivity contribution in [1.29, 1.82) is 0 Å². The minimum atomic E-state index is -0.334. The quantitative estimate of drug-likeness (QED) is 0.573. The van der Waals surface area contributed by atoms with E-state index in [1.165, 1.54) is 7.11 Å². The molecule has 26 heavy (non-hydrogen) atoms. The lowest BCUT2D eigenvalue weighted by Gasteiger charge is -2.15. The van der Waals surface area contributed by atoms with Crippen molar-refractivity contribution >= 4 is 55.6 Å². The number of rotatable bonds is 3. The van der Waals surface area contributed by atoms with Crippen LogP contribution >= 0.6 is 28.1 Å². The summed E-state index contributed by atoms with van der Waals surface area (Å²) in [6, 6.07) is 17.3. The molecule has 0 bridgehead atoms. The molecule has 3 aromatic rings. The van der Waals surface area contributed by atoms with Gasteiger partial charge in [-0.05, 0) is 63.5 Å². The number of benzene rings is 3. The lowest BCUT2D eigenvalue weighted by Crippen LogP contribution is -2.34. The van der Waals surface area contributed by atoms with Gasteiger partial charge in [-0.2, -0.15) is 0 Å². The number of halogens is 1. The zero-order chi connectivity index (χ0) is 18.7. The van der Waals surface area contributed by atoms with Gasteiger partial charge >= 0.3 is 0 Å². The summed E-state index contributed by atoms with van der Waals surface area (Å²) < 4.78 is 6.19. The van der Waals surface area contributed by atoms with Crippen LogP contribution in [0.4, 0.5) is 5.69 Å². The Bertz CT molecular complexity index is 1000. The second-order valence-corrected chi connectivity index (χ2v) is 6.92. The first-order valence-corrected chi connectivity index (χ1v) is 9.14. The number of nitrogens with one attached hydrogen (secondary N) is 2. The Hall–Kier alpha value is -2.44. The molecule has 6 heteroatoms. The Morgan fingerprint density at radius 2 is 1.81 bits per heavy atom. The van der Waals surface area contributed by atoms with Gasteiger partial charge in [-0.25, -0.2) is 0 Å². The van der Waals surface area contributed by atoms with Crippen LogP contribution in [0.25, 0.3) is 10.8 Å². The highest BCUT2D eigenvalue weighted by Crippen LogP contribution is 2.36. The molecule has 3 aromatic carbocycles. The summed E-state index contributed by atoms with van der Waals surface area (Å²) in [5, 5.41) is 7.91. The molecule has 3 rings (SSSR count). The number of hydrogen-bond acceptors (Lipinski definition) is 3. The number of fused-ring (bicyclic) bond motifs is 1. The summed E-state index contributed by atoms with van der Waals surface area (Å²) >= 11 is 8.82.